The summed E-state index contributed by atoms with van der Waals surface area (Å²) in [7, 11) is -9.88. The van der Waals surface area contributed by atoms with Crippen LogP contribution in [0.5, 0.6) is 0 Å². The van der Waals surface area contributed by atoms with Crippen molar-refractivity contribution in [3.63, 3.8) is 0 Å². The molecule has 10 heteroatoms. The van der Waals surface area contributed by atoms with Crippen LogP contribution in [0, 0.1) is 0 Å². The third kappa shape index (κ3) is 12.5. The molecule has 0 aromatic heterocycles. The molecule has 0 atom stereocenters. The predicted octanol–water partition coefficient (Wildman–Crippen LogP) is 4.42. The molecule has 0 spiro atoms. The fourth-order valence-electron chi connectivity index (χ4n) is 2.51. The average Bonchev–Trinajstić information content (AvgIpc) is 2.18. The van der Waals surface area contributed by atoms with Crippen LogP contribution >= 0.6 is 0 Å². The molecular weight excluding hydrogens is 401 g/mol. The summed E-state index contributed by atoms with van der Waals surface area (Å²) in [6, 6.07) is 0. The van der Waals surface area contributed by atoms with E-state index >= 15 is 0 Å². The molecule has 0 fully saturated rings. The summed E-state index contributed by atoms with van der Waals surface area (Å²) >= 11 is 0. The van der Waals surface area contributed by atoms with Gasteiger partial charge in [-0.05, 0) is 77.7 Å². The Morgan fingerprint density at radius 1 is 0.625 bits per heavy atom. The summed E-state index contributed by atoms with van der Waals surface area (Å²) in [5, 5.41) is 0. The molecule has 0 radical (unpaired) electrons. The molecule has 0 unspecified atom stereocenters. The molecule has 0 bridgehead atoms. The lowest BCUT2D eigenvalue weighted by Gasteiger charge is -2.43. The monoisotopic (exact) mass is 442 g/mol. The Morgan fingerprint density at radius 2 is 0.958 bits per heavy atom. The van der Waals surface area contributed by atoms with E-state index in [1.807, 2.05) is 0 Å². The summed E-state index contributed by atoms with van der Waals surface area (Å²) in [4.78, 5) is 0. The van der Waals surface area contributed by atoms with Crippen LogP contribution in [0.3, 0.4) is 0 Å². The third-order valence-electron chi connectivity index (χ3n) is 2.88. The first-order chi connectivity index (χ1) is 10.4. The fraction of sp³-hybridized carbons (Fsp3) is 1.00. The molecule has 0 saturated heterocycles. The summed E-state index contributed by atoms with van der Waals surface area (Å²) < 4.78 is 26.5. The molecule has 0 aliphatic heterocycles. The van der Waals surface area contributed by atoms with Gasteiger partial charge in [-0.15, -0.1) is 0 Å². The van der Waals surface area contributed by atoms with Crippen molar-refractivity contribution in [2.45, 2.75) is 84.2 Å². The van der Waals surface area contributed by atoms with Crippen LogP contribution in [0.1, 0.15) is 0 Å². The van der Waals surface area contributed by atoms with E-state index in [4.69, 9.17) is 16.8 Å². The Balaban J connectivity index is 5.62. The maximum atomic E-state index is 6.66. The van der Waals surface area contributed by atoms with Gasteiger partial charge in [0.2, 0.25) is 0 Å². The van der Waals surface area contributed by atoms with E-state index in [2.05, 4.69) is 78.6 Å². The normalized spacial score (nSPS) is 15.5. The predicted molar refractivity (Wildman–Crippen MR) is 122 cm³/mol. The standard InChI is InChI=1S/C14H42O4Si6/c1-19-14-23(11,12)15-13-24(16-20(2,3)4,17-21(5,6)7)18-22(8,9)10/h13-14,19H2,1-12H3. The zero-order chi connectivity index (χ0) is 19.4. The molecule has 0 saturated carbocycles. The van der Waals surface area contributed by atoms with Gasteiger partial charge in [-0.1, -0.05) is 6.55 Å². The number of rotatable bonds is 11. The Kier molecular flexibility index (Phi) is 9.31. The van der Waals surface area contributed by atoms with Gasteiger partial charge in [-0.3, -0.25) is 0 Å². The van der Waals surface area contributed by atoms with Crippen molar-refractivity contribution in [1.82, 2.24) is 0 Å². The Bertz CT molecular complexity index is 343. The van der Waals surface area contributed by atoms with Gasteiger partial charge in [0.1, 0.15) is 6.23 Å². The highest BCUT2D eigenvalue weighted by Gasteiger charge is 2.51. The lowest BCUT2D eigenvalue weighted by molar-refractivity contribution is 0.201. The largest absolute Gasteiger partial charge is 0.495 e. The number of hydrogen-bond donors (Lipinski definition) is 0. The van der Waals surface area contributed by atoms with E-state index in [0.717, 1.165) is 0 Å². The maximum Gasteiger partial charge on any atom is 0.495 e. The molecule has 0 amide bonds. The van der Waals surface area contributed by atoms with Crippen molar-refractivity contribution in [2.75, 3.05) is 6.23 Å². The second kappa shape index (κ2) is 8.89. The van der Waals surface area contributed by atoms with Crippen LogP contribution in [0.25, 0.3) is 0 Å². The molecule has 0 aromatic carbocycles. The van der Waals surface area contributed by atoms with Crippen molar-refractivity contribution in [2.24, 2.45) is 0 Å². The molecule has 0 aliphatic rings. The van der Waals surface area contributed by atoms with E-state index in [1.54, 1.807) is 0 Å². The Hall–Kier alpha value is 1.14. The number of hydrogen-bond acceptors (Lipinski definition) is 4. The minimum Gasteiger partial charge on any atom is -0.416 e. The molecule has 4 nitrogen and oxygen atoms in total. The zero-order valence-electron chi connectivity index (χ0n) is 18.3. The zero-order valence-corrected chi connectivity index (χ0v) is 24.7. The molecule has 0 N–H and O–H groups in total. The second-order valence-corrected chi connectivity index (χ2v) is 33.7. The second-order valence-electron chi connectivity index (χ2n) is 10.1. The SMILES string of the molecule is C[SiH2]C[Si](C)(C)OC[Si](O[Si](C)(C)C)(O[Si](C)(C)C)O[Si](C)(C)C. The summed E-state index contributed by atoms with van der Waals surface area (Å²) in [5.74, 6) is 0. The first-order valence-electron chi connectivity index (χ1n) is 9.13. The minimum absolute atomic E-state index is 0.000472. The van der Waals surface area contributed by atoms with Crippen molar-refractivity contribution in [3.05, 3.63) is 0 Å². The highest BCUT2D eigenvalue weighted by atomic mass is 28.5. The minimum atomic E-state index is -2.83. The lowest BCUT2D eigenvalue weighted by Crippen LogP contribution is -2.64. The van der Waals surface area contributed by atoms with Gasteiger partial charge < -0.3 is 16.8 Å². The van der Waals surface area contributed by atoms with E-state index in [9.17, 15) is 0 Å². The maximum absolute atomic E-state index is 6.66. The van der Waals surface area contributed by atoms with Crippen LogP contribution in [-0.2, 0) is 16.8 Å². The van der Waals surface area contributed by atoms with Crippen LogP contribution in [0.15, 0.2) is 0 Å². The summed E-state index contributed by atoms with van der Waals surface area (Å²) in [5.41, 5.74) is 1.30. The summed E-state index contributed by atoms with van der Waals surface area (Å²) in [6.45, 7) is 27.0. The topological polar surface area (TPSA) is 36.9 Å². The smallest absolute Gasteiger partial charge is 0.416 e. The fourth-order valence-corrected chi connectivity index (χ4v) is 23.7. The Labute approximate surface area is 158 Å². The first-order valence-corrected chi connectivity index (χ1v) is 26.8. The van der Waals surface area contributed by atoms with E-state index in [1.165, 1.54) is 5.67 Å². The van der Waals surface area contributed by atoms with E-state index < -0.39 is 42.1 Å². The van der Waals surface area contributed by atoms with Crippen LogP contribution in [0.4, 0.5) is 0 Å². The molecule has 0 heterocycles. The average molecular weight is 443 g/mol. The van der Waals surface area contributed by atoms with Gasteiger partial charge in [-0.25, -0.2) is 0 Å². The highest BCUT2D eigenvalue weighted by molar-refractivity contribution is 6.90. The third-order valence-corrected chi connectivity index (χ3v) is 22.5. The van der Waals surface area contributed by atoms with Crippen LogP contribution in [-0.4, -0.2) is 57.8 Å². The molecule has 0 aliphatic carbocycles. The van der Waals surface area contributed by atoms with Crippen molar-refractivity contribution < 1.29 is 16.8 Å². The van der Waals surface area contributed by atoms with Gasteiger partial charge in [0.05, 0.1) is 0 Å². The van der Waals surface area contributed by atoms with Crippen molar-refractivity contribution >= 4 is 51.6 Å². The van der Waals surface area contributed by atoms with E-state index in [0.29, 0.717) is 6.23 Å². The molecule has 0 aromatic rings. The first kappa shape index (κ1) is 25.1. The molecule has 0 rings (SSSR count). The molecule has 24 heavy (non-hydrogen) atoms. The highest BCUT2D eigenvalue weighted by Crippen LogP contribution is 2.27. The lowest BCUT2D eigenvalue weighted by atomic mass is 11.7. The van der Waals surface area contributed by atoms with Crippen LogP contribution in [0.2, 0.25) is 84.2 Å². The van der Waals surface area contributed by atoms with Gasteiger partial charge >= 0.3 is 8.80 Å². The Morgan fingerprint density at radius 3 is 1.21 bits per heavy atom. The quantitative estimate of drug-likeness (QED) is 0.444. The summed E-state index contributed by atoms with van der Waals surface area (Å²) in [6.07, 6.45) is 0.541. The van der Waals surface area contributed by atoms with Gasteiger partial charge in [0, 0.05) is 9.52 Å². The van der Waals surface area contributed by atoms with Crippen LogP contribution < -0.4 is 0 Å². The van der Waals surface area contributed by atoms with Gasteiger partial charge in [0.15, 0.2) is 33.3 Å². The van der Waals surface area contributed by atoms with Gasteiger partial charge in [-0.2, -0.15) is 0 Å². The molecular formula is C14H42O4Si6. The van der Waals surface area contributed by atoms with Crippen molar-refractivity contribution in [1.29, 1.82) is 0 Å². The van der Waals surface area contributed by atoms with Gasteiger partial charge in [0.25, 0.3) is 0 Å². The van der Waals surface area contributed by atoms with E-state index in [-0.39, 0.29) is 9.52 Å². The molecule has 146 valence electrons. The van der Waals surface area contributed by atoms with Crippen molar-refractivity contribution in [3.8, 4) is 0 Å².